The van der Waals surface area contributed by atoms with E-state index in [9.17, 15) is 4.79 Å². The van der Waals surface area contributed by atoms with Crippen LogP contribution in [0, 0.1) is 0 Å². The number of rotatable bonds is 0. The third-order valence-corrected chi connectivity index (χ3v) is 4.06. The first kappa shape index (κ1) is 13.0. The lowest BCUT2D eigenvalue weighted by Crippen LogP contribution is -2.32. The summed E-state index contributed by atoms with van der Waals surface area (Å²) < 4.78 is 0. The zero-order valence-electron chi connectivity index (χ0n) is 10.3. The second kappa shape index (κ2) is 4.85. The van der Waals surface area contributed by atoms with Crippen molar-refractivity contribution in [3.05, 3.63) is 59.7 Å². The van der Waals surface area contributed by atoms with Crippen LogP contribution in [0.3, 0.4) is 0 Å². The van der Waals surface area contributed by atoms with Crippen LogP contribution in [-0.2, 0) is 0 Å². The fraction of sp³-hybridized carbons (Fsp3) is 0. The van der Waals surface area contributed by atoms with E-state index in [0.29, 0.717) is 32.6 Å². The van der Waals surface area contributed by atoms with E-state index in [0.717, 1.165) is 0 Å². The highest BCUT2D eigenvalue weighted by Crippen LogP contribution is 2.46. The standard InChI is InChI=1S/C15H10Cl2N2O/c16-13-9-5-1-3-7-11(9)19(15(18)20)12-8-4-2-6-10(12)14(13)17/h1-8H,(H2,18,20). The minimum Gasteiger partial charge on any atom is -0.351 e. The zero-order chi connectivity index (χ0) is 14.3. The van der Waals surface area contributed by atoms with E-state index in [1.807, 2.05) is 36.4 Å². The number of fused-ring (bicyclic) bond motifs is 2. The molecule has 0 bridgehead atoms. The molecule has 3 nitrogen and oxygen atoms in total. The van der Waals surface area contributed by atoms with Gasteiger partial charge in [0.1, 0.15) is 0 Å². The lowest BCUT2D eigenvalue weighted by atomic mass is 10.1. The van der Waals surface area contributed by atoms with Gasteiger partial charge in [-0.15, -0.1) is 0 Å². The molecule has 0 fully saturated rings. The van der Waals surface area contributed by atoms with Gasteiger partial charge in [0.05, 0.1) is 21.4 Å². The molecule has 1 aliphatic heterocycles. The summed E-state index contributed by atoms with van der Waals surface area (Å²) in [6.07, 6.45) is 0. The van der Waals surface area contributed by atoms with Gasteiger partial charge in [0.15, 0.2) is 0 Å². The number of primary amides is 1. The quantitative estimate of drug-likeness (QED) is 0.764. The molecule has 20 heavy (non-hydrogen) atoms. The molecule has 0 atom stereocenters. The lowest BCUT2D eigenvalue weighted by molar-refractivity contribution is 0.256. The van der Waals surface area contributed by atoms with Crippen LogP contribution in [0.25, 0.3) is 10.1 Å². The number of amides is 2. The normalized spacial score (nSPS) is 13.6. The lowest BCUT2D eigenvalue weighted by Gasteiger charge is -2.22. The predicted octanol–water partition coefficient (Wildman–Crippen LogP) is 4.52. The fourth-order valence-electron chi connectivity index (χ4n) is 2.31. The Hall–Kier alpha value is -1.97. The first-order chi connectivity index (χ1) is 9.61. The van der Waals surface area contributed by atoms with Gasteiger partial charge in [0, 0.05) is 11.1 Å². The number of hydrogen-bond acceptors (Lipinski definition) is 1. The van der Waals surface area contributed by atoms with Crippen LogP contribution in [-0.4, -0.2) is 6.03 Å². The number of nitrogens with two attached hydrogens (primary N) is 1. The molecule has 2 aromatic carbocycles. The number of halogens is 2. The molecule has 0 radical (unpaired) electrons. The monoisotopic (exact) mass is 304 g/mol. The van der Waals surface area contributed by atoms with Crippen molar-refractivity contribution in [2.45, 2.75) is 0 Å². The second-order valence-corrected chi connectivity index (χ2v) is 5.09. The molecule has 0 aliphatic carbocycles. The highest BCUT2D eigenvalue weighted by molar-refractivity contribution is 6.66. The maximum atomic E-state index is 11.9. The van der Waals surface area contributed by atoms with Gasteiger partial charge in [-0.05, 0) is 12.1 Å². The molecule has 100 valence electrons. The van der Waals surface area contributed by atoms with Crippen molar-refractivity contribution in [3.8, 4) is 0 Å². The number of nitrogens with zero attached hydrogens (tertiary/aromatic N) is 1. The second-order valence-electron chi connectivity index (χ2n) is 4.34. The highest BCUT2D eigenvalue weighted by Gasteiger charge is 2.27. The van der Waals surface area contributed by atoms with Gasteiger partial charge in [-0.25, -0.2) is 4.79 Å². The molecular formula is C15H10Cl2N2O. The molecule has 3 rings (SSSR count). The van der Waals surface area contributed by atoms with E-state index < -0.39 is 6.03 Å². The smallest absolute Gasteiger partial charge is 0.323 e. The molecule has 0 saturated carbocycles. The van der Waals surface area contributed by atoms with Crippen molar-refractivity contribution in [2.24, 2.45) is 5.73 Å². The number of urea groups is 1. The average Bonchev–Trinajstić information content (AvgIpc) is 2.55. The molecule has 0 saturated heterocycles. The Kier molecular flexibility index (Phi) is 3.16. The molecular weight excluding hydrogens is 295 g/mol. The molecule has 1 aliphatic rings. The maximum Gasteiger partial charge on any atom is 0.323 e. The molecule has 2 amide bonds. The van der Waals surface area contributed by atoms with Gasteiger partial charge < -0.3 is 5.73 Å². The molecule has 2 N–H and O–H groups in total. The number of anilines is 2. The Balaban J connectivity index is 2.42. The van der Waals surface area contributed by atoms with Crippen LogP contribution in [0.4, 0.5) is 16.2 Å². The Morgan fingerprint density at radius 3 is 1.65 bits per heavy atom. The first-order valence-electron chi connectivity index (χ1n) is 5.95. The van der Waals surface area contributed by atoms with Crippen LogP contribution in [0.1, 0.15) is 11.1 Å². The predicted molar refractivity (Wildman–Crippen MR) is 83.1 cm³/mol. The van der Waals surface area contributed by atoms with Gasteiger partial charge in [-0.1, -0.05) is 59.6 Å². The Labute approximate surface area is 126 Å². The molecule has 0 spiro atoms. The van der Waals surface area contributed by atoms with E-state index >= 15 is 0 Å². The Morgan fingerprint density at radius 2 is 1.25 bits per heavy atom. The van der Waals surface area contributed by atoms with Crippen molar-refractivity contribution >= 4 is 50.7 Å². The molecule has 0 unspecified atom stereocenters. The minimum atomic E-state index is -0.583. The maximum absolute atomic E-state index is 11.9. The third-order valence-electron chi connectivity index (χ3n) is 3.18. The number of carbonyl (C=O) groups is 1. The average molecular weight is 305 g/mol. The van der Waals surface area contributed by atoms with Gasteiger partial charge in [0.25, 0.3) is 0 Å². The minimum absolute atomic E-state index is 0.401. The van der Waals surface area contributed by atoms with E-state index in [1.54, 1.807) is 12.1 Å². The van der Waals surface area contributed by atoms with Crippen LogP contribution < -0.4 is 10.6 Å². The summed E-state index contributed by atoms with van der Waals surface area (Å²) in [6, 6.07) is 13.9. The SMILES string of the molecule is NC(=O)N1c2ccccc2C(Cl)=C(Cl)c2ccccc21. The number of hydrogen-bond donors (Lipinski definition) is 1. The molecule has 5 heteroatoms. The Bertz CT molecular complexity index is 685. The molecule has 0 aromatic heterocycles. The summed E-state index contributed by atoms with van der Waals surface area (Å²) in [4.78, 5) is 13.3. The topological polar surface area (TPSA) is 46.3 Å². The van der Waals surface area contributed by atoms with Crippen LogP contribution in [0.5, 0.6) is 0 Å². The summed E-state index contributed by atoms with van der Waals surface area (Å²) in [5.74, 6) is 0. The summed E-state index contributed by atoms with van der Waals surface area (Å²) in [7, 11) is 0. The highest BCUT2D eigenvalue weighted by atomic mass is 35.5. The van der Waals surface area contributed by atoms with Gasteiger partial charge in [-0.2, -0.15) is 0 Å². The van der Waals surface area contributed by atoms with Crippen molar-refractivity contribution < 1.29 is 4.79 Å². The van der Waals surface area contributed by atoms with Crippen molar-refractivity contribution in [2.75, 3.05) is 4.90 Å². The largest absolute Gasteiger partial charge is 0.351 e. The van der Waals surface area contributed by atoms with E-state index in [4.69, 9.17) is 28.9 Å². The summed E-state index contributed by atoms with van der Waals surface area (Å²) in [5.41, 5.74) is 8.13. The van der Waals surface area contributed by atoms with Gasteiger partial charge in [-0.3, -0.25) is 4.90 Å². The van der Waals surface area contributed by atoms with Crippen molar-refractivity contribution in [1.29, 1.82) is 0 Å². The molecule has 1 heterocycles. The summed E-state index contributed by atoms with van der Waals surface area (Å²) >= 11 is 12.7. The molecule has 2 aromatic rings. The van der Waals surface area contributed by atoms with Gasteiger partial charge >= 0.3 is 6.03 Å². The van der Waals surface area contributed by atoms with Crippen molar-refractivity contribution in [1.82, 2.24) is 0 Å². The number of benzene rings is 2. The Morgan fingerprint density at radius 1 is 0.850 bits per heavy atom. The van der Waals surface area contributed by atoms with Gasteiger partial charge in [0.2, 0.25) is 0 Å². The van der Waals surface area contributed by atoms with Crippen LogP contribution in [0.15, 0.2) is 48.5 Å². The van der Waals surface area contributed by atoms with E-state index in [-0.39, 0.29) is 0 Å². The van der Waals surface area contributed by atoms with E-state index in [2.05, 4.69) is 0 Å². The number of para-hydroxylation sites is 2. The number of carbonyl (C=O) groups excluding carboxylic acids is 1. The zero-order valence-corrected chi connectivity index (χ0v) is 11.8. The van der Waals surface area contributed by atoms with Crippen molar-refractivity contribution in [3.63, 3.8) is 0 Å². The fourth-order valence-corrected chi connectivity index (χ4v) is 2.84. The van der Waals surface area contributed by atoms with Crippen LogP contribution >= 0.6 is 23.2 Å². The summed E-state index contributed by atoms with van der Waals surface area (Å²) in [5, 5.41) is 0.803. The first-order valence-corrected chi connectivity index (χ1v) is 6.70. The third kappa shape index (κ3) is 1.87. The van der Waals surface area contributed by atoms with Crippen LogP contribution in [0.2, 0.25) is 0 Å². The van der Waals surface area contributed by atoms with E-state index in [1.165, 1.54) is 4.90 Å². The summed E-state index contributed by atoms with van der Waals surface area (Å²) in [6.45, 7) is 0.